The summed E-state index contributed by atoms with van der Waals surface area (Å²) in [6, 6.07) is 3.63. The van der Waals surface area contributed by atoms with Gasteiger partial charge in [0, 0.05) is 4.48 Å². The number of aliphatic hydroxyl groups is 1. The van der Waals surface area contributed by atoms with Crippen molar-refractivity contribution in [1.29, 1.82) is 0 Å². The second-order valence-corrected chi connectivity index (χ2v) is 5.68. The lowest BCUT2D eigenvalue weighted by atomic mass is 10.2. The van der Waals surface area contributed by atoms with Crippen LogP contribution in [0.5, 0.6) is 5.75 Å². The van der Waals surface area contributed by atoms with E-state index >= 15 is 0 Å². The van der Waals surface area contributed by atoms with Crippen LogP contribution in [-0.4, -0.2) is 11.7 Å². The maximum Gasteiger partial charge on any atom is 0.148 e. The highest BCUT2D eigenvalue weighted by atomic mass is 79.9. The zero-order valence-corrected chi connectivity index (χ0v) is 12.5. The summed E-state index contributed by atoms with van der Waals surface area (Å²) in [5, 5.41) is 8.99. The van der Waals surface area contributed by atoms with Crippen LogP contribution in [0.15, 0.2) is 32.1 Å². The van der Waals surface area contributed by atoms with Crippen molar-refractivity contribution in [2.75, 3.05) is 6.61 Å². The maximum absolute atomic E-state index is 8.99. The molecule has 0 amide bonds. The normalized spacial score (nSPS) is 10.1. The fraction of sp³-hybridized carbons (Fsp3) is 0.200. The van der Waals surface area contributed by atoms with E-state index in [9.17, 15) is 0 Å². The molecule has 2 nitrogen and oxygen atoms in total. The average molecular weight is 401 g/mol. The topological polar surface area (TPSA) is 29.5 Å². The van der Waals surface area contributed by atoms with Crippen molar-refractivity contribution in [3.8, 4) is 5.75 Å². The molecule has 0 radical (unpaired) electrons. The van der Waals surface area contributed by atoms with Gasteiger partial charge in [0.2, 0.25) is 0 Å². The lowest BCUT2D eigenvalue weighted by molar-refractivity contribution is 0.281. The van der Waals surface area contributed by atoms with Crippen molar-refractivity contribution < 1.29 is 9.84 Å². The Morgan fingerprint density at radius 1 is 1.33 bits per heavy atom. The molecule has 15 heavy (non-hydrogen) atoms. The Morgan fingerprint density at radius 2 is 1.87 bits per heavy atom. The third kappa shape index (κ3) is 3.90. The van der Waals surface area contributed by atoms with Gasteiger partial charge < -0.3 is 9.84 Å². The minimum atomic E-state index is 0.00261. The minimum absolute atomic E-state index is 0.00261. The highest BCUT2D eigenvalue weighted by Crippen LogP contribution is 2.35. The first-order chi connectivity index (χ1) is 7.04. The molecule has 0 aliphatic carbocycles. The standard InChI is InChI=1S/C10H9Br3O2/c1-6(11)5-15-10-8(12)2-7(4-14)3-9(10)13/h2-3,14H,1,4-5H2. The molecule has 1 aromatic carbocycles. The number of ether oxygens (including phenoxy) is 1. The summed E-state index contributed by atoms with van der Waals surface area (Å²) in [5.41, 5.74) is 0.818. The van der Waals surface area contributed by atoms with Crippen LogP contribution in [0, 0.1) is 0 Å². The molecule has 0 unspecified atom stereocenters. The third-order valence-electron chi connectivity index (χ3n) is 1.61. The second kappa shape index (κ2) is 6.03. The van der Waals surface area contributed by atoms with Gasteiger partial charge in [-0.25, -0.2) is 0 Å². The van der Waals surface area contributed by atoms with Gasteiger partial charge in [0.05, 0.1) is 15.6 Å². The third-order valence-corrected chi connectivity index (χ3v) is 3.02. The van der Waals surface area contributed by atoms with E-state index in [1.807, 2.05) is 12.1 Å². The van der Waals surface area contributed by atoms with Crippen LogP contribution in [0.25, 0.3) is 0 Å². The largest absolute Gasteiger partial charge is 0.486 e. The van der Waals surface area contributed by atoms with E-state index in [1.165, 1.54) is 0 Å². The van der Waals surface area contributed by atoms with Gasteiger partial charge >= 0.3 is 0 Å². The summed E-state index contributed by atoms with van der Waals surface area (Å²) in [6.45, 7) is 4.09. The van der Waals surface area contributed by atoms with Crippen molar-refractivity contribution in [2.45, 2.75) is 6.61 Å². The summed E-state index contributed by atoms with van der Waals surface area (Å²) in [5.74, 6) is 0.702. The van der Waals surface area contributed by atoms with E-state index < -0.39 is 0 Å². The maximum atomic E-state index is 8.99. The fourth-order valence-electron chi connectivity index (χ4n) is 0.992. The Balaban J connectivity index is 2.92. The Hall–Kier alpha value is 0.160. The molecular weight excluding hydrogens is 392 g/mol. The van der Waals surface area contributed by atoms with Crippen LogP contribution in [0.1, 0.15) is 5.56 Å². The fourth-order valence-corrected chi connectivity index (χ4v) is 2.62. The Morgan fingerprint density at radius 3 is 2.27 bits per heavy atom. The van der Waals surface area contributed by atoms with Crippen LogP contribution in [-0.2, 0) is 6.61 Å². The van der Waals surface area contributed by atoms with Gasteiger partial charge in [-0.3, -0.25) is 0 Å². The molecule has 0 spiro atoms. The zero-order valence-electron chi connectivity index (χ0n) is 7.77. The summed E-state index contributed by atoms with van der Waals surface area (Å²) in [4.78, 5) is 0. The lowest BCUT2D eigenvalue weighted by Crippen LogP contribution is -1.98. The summed E-state index contributed by atoms with van der Waals surface area (Å²) < 4.78 is 7.88. The molecule has 0 bridgehead atoms. The molecule has 1 rings (SSSR count). The molecule has 0 aliphatic heterocycles. The van der Waals surface area contributed by atoms with Crippen LogP contribution >= 0.6 is 47.8 Å². The number of aliphatic hydroxyl groups excluding tert-OH is 1. The summed E-state index contributed by atoms with van der Waals surface area (Å²) in [7, 11) is 0. The summed E-state index contributed by atoms with van der Waals surface area (Å²) in [6.07, 6.45) is 0. The van der Waals surface area contributed by atoms with E-state index in [4.69, 9.17) is 9.84 Å². The van der Waals surface area contributed by atoms with Crippen molar-refractivity contribution in [1.82, 2.24) is 0 Å². The first-order valence-corrected chi connectivity index (χ1v) is 6.47. The van der Waals surface area contributed by atoms with E-state index in [0.29, 0.717) is 12.4 Å². The molecule has 0 saturated carbocycles. The number of hydrogen-bond donors (Lipinski definition) is 1. The lowest BCUT2D eigenvalue weighted by Gasteiger charge is -2.10. The van der Waals surface area contributed by atoms with Gasteiger partial charge in [-0.15, -0.1) is 0 Å². The average Bonchev–Trinajstić information content (AvgIpc) is 2.15. The quantitative estimate of drug-likeness (QED) is 0.828. The smallest absolute Gasteiger partial charge is 0.148 e. The molecule has 0 aromatic heterocycles. The second-order valence-electron chi connectivity index (χ2n) is 2.85. The number of rotatable bonds is 4. The van der Waals surface area contributed by atoms with Gasteiger partial charge in [0.15, 0.2) is 0 Å². The van der Waals surface area contributed by atoms with Gasteiger partial charge in [0.25, 0.3) is 0 Å². The summed E-state index contributed by atoms with van der Waals surface area (Å²) >= 11 is 9.97. The Bertz CT molecular complexity index is 354. The first-order valence-electron chi connectivity index (χ1n) is 4.09. The number of halogens is 3. The van der Waals surface area contributed by atoms with E-state index in [0.717, 1.165) is 19.0 Å². The highest BCUT2D eigenvalue weighted by molar-refractivity contribution is 9.11. The molecule has 0 saturated heterocycles. The molecule has 5 heteroatoms. The van der Waals surface area contributed by atoms with Crippen molar-refractivity contribution in [3.05, 3.63) is 37.7 Å². The molecule has 0 heterocycles. The highest BCUT2D eigenvalue weighted by Gasteiger charge is 2.08. The van der Waals surface area contributed by atoms with Crippen molar-refractivity contribution in [3.63, 3.8) is 0 Å². The first kappa shape index (κ1) is 13.2. The predicted molar refractivity (Wildman–Crippen MR) is 71.3 cm³/mol. The number of benzene rings is 1. The molecule has 0 fully saturated rings. The Labute approximate surface area is 114 Å². The Kier molecular flexibility index (Phi) is 5.32. The van der Waals surface area contributed by atoms with Gasteiger partial charge in [-0.05, 0) is 49.6 Å². The number of hydrogen-bond acceptors (Lipinski definition) is 2. The van der Waals surface area contributed by atoms with Gasteiger partial charge in [-0.1, -0.05) is 22.5 Å². The zero-order chi connectivity index (χ0) is 11.4. The van der Waals surface area contributed by atoms with Crippen molar-refractivity contribution in [2.24, 2.45) is 0 Å². The molecule has 82 valence electrons. The molecular formula is C10H9Br3O2. The van der Waals surface area contributed by atoms with E-state index in [1.54, 1.807) is 0 Å². The molecule has 0 atom stereocenters. The molecule has 1 N–H and O–H groups in total. The minimum Gasteiger partial charge on any atom is -0.486 e. The molecule has 1 aromatic rings. The van der Waals surface area contributed by atoms with Crippen LogP contribution in [0.3, 0.4) is 0 Å². The van der Waals surface area contributed by atoms with E-state index in [2.05, 4.69) is 54.4 Å². The van der Waals surface area contributed by atoms with Gasteiger partial charge in [-0.2, -0.15) is 0 Å². The van der Waals surface area contributed by atoms with Crippen molar-refractivity contribution >= 4 is 47.8 Å². The molecule has 0 aliphatic rings. The SMILES string of the molecule is C=C(Br)COc1c(Br)cc(CO)cc1Br. The van der Waals surface area contributed by atoms with Crippen LogP contribution < -0.4 is 4.74 Å². The van der Waals surface area contributed by atoms with E-state index in [-0.39, 0.29) is 6.61 Å². The van der Waals surface area contributed by atoms with Gasteiger partial charge in [0.1, 0.15) is 12.4 Å². The monoisotopic (exact) mass is 398 g/mol. The van der Waals surface area contributed by atoms with Crippen LogP contribution in [0.2, 0.25) is 0 Å². The van der Waals surface area contributed by atoms with Crippen LogP contribution in [0.4, 0.5) is 0 Å². The predicted octanol–water partition coefficient (Wildman–Crippen LogP) is 3.99.